The van der Waals surface area contributed by atoms with Crippen LogP contribution >= 0.6 is 0 Å². The van der Waals surface area contributed by atoms with Crippen molar-refractivity contribution in [3.05, 3.63) is 72.4 Å². The first-order valence-corrected chi connectivity index (χ1v) is 10.9. The van der Waals surface area contributed by atoms with Crippen molar-refractivity contribution >= 4 is 0 Å². The van der Waals surface area contributed by atoms with Crippen LogP contribution in [0.1, 0.15) is 56.4 Å². The Hall–Kier alpha value is -1.56. The van der Waals surface area contributed by atoms with Crippen LogP contribution in [0.2, 0.25) is 0 Å². The van der Waals surface area contributed by atoms with E-state index < -0.39 is 0 Å². The van der Waals surface area contributed by atoms with E-state index in [1.807, 2.05) is 0 Å². The van der Waals surface area contributed by atoms with Crippen LogP contribution < -0.4 is 0 Å². The summed E-state index contributed by atoms with van der Waals surface area (Å²) < 4.78 is 0. The lowest BCUT2D eigenvalue weighted by molar-refractivity contribution is 0.268. The molecular weight excluding hydrogens is 312 g/mol. The van der Waals surface area contributed by atoms with Gasteiger partial charge in [0.05, 0.1) is 0 Å². The van der Waals surface area contributed by atoms with Gasteiger partial charge in [0.2, 0.25) is 0 Å². The van der Waals surface area contributed by atoms with Gasteiger partial charge in [-0.3, -0.25) is 0 Å². The van der Waals surface area contributed by atoms with Gasteiger partial charge in [-0.15, -0.1) is 0 Å². The summed E-state index contributed by atoms with van der Waals surface area (Å²) >= 11 is 0. The maximum absolute atomic E-state index is 2.50. The van der Waals surface area contributed by atoms with Gasteiger partial charge in [0.15, 0.2) is 0 Å². The Labute approximate surface area is 159 Å². The lowest BCUT2D eigenvalue weighted by Gasteiger charge is -2.29. The van der Waals surface area contributed by atoms with Gasteiger partial charge in [0.25, 0.3) is 0 Å². The molecule has 0 spiro atoms. The van der Waals surface area contributed by atoms with Crippen molar-refractivity contribution in [3.8, 4) is 0 Å². The van der Waals surface area contributed by atoms with Crippen molar-refractivity contribution in [2.24, 2.45) is 35.5 Å². The predicted octanol–water partition coefficient (Wildman–Crippen LogP) is 6.92. The van der Waals surface area contributed by atoms with Gasteiger partial charge >= 0.3 is 0 Å². The molecule has 0 radical (unpaired) electrons. The summed E-state index contributed by atoms with van der Waals surface area (Å²) in [5, 5.41) is 0. The van der Waals surface area contributed by atoms with Gasteiger partial charge in [-0.05, 0) is 91.9 Å². The van der Waals surface area contributed by atoms with Crippen LogP contribution in [0.15, 0.2) is 66.8 Å². The topological polar surface area (TPSA) is 0 Å². The zero-order valence-electron chi connectivity index (χ0n) is 15.8. The Morgan fingerprint density at radius 1 is 0.692 bits per heavy atom. The molecule has 0 aromatic heterocycles. The quantitative estimate of drug-likeness (QED) is 0.511. The van der Waals surface area contributed by atoms with Crippen LogP contribution in [-0.2, 0) is 0 Å². The molecule has 1 aromatic carbocycles. The van der Waals surface area contributed by atoms with Gasteiger partial charge in [-0.2, -0.15) is 0 Å². The van der Waals surface area contributed by atoms with Crippen molar-refractivity contribution in [3.63, 3.8) is 0 Å². The number of benzene rings is 1. The minimum Gasteiger partial charge on any atom is -0.0885 e. The number of rotatable bonds is 2. The smallest absolute Gasteiger partial charge is 0.00932 e. The largest absolute Gasteiger partial charge is 0.0885 e. The lowest BCUT2D eigenvalue weighted by Crippen LogP contribution is -2.19. The molecule has 26 heavy (non-hydrogen) atoms. The molecule has 7 atom stereocenters. The van der Waals surface area contributed by atoms with Crippen LogP contribution in [0.4, 0.5) is 0 Å². The van der Waals surface area contributed by atoms with Crippen molar-refractivity contribution in [1.82, 2.24) is 0 Å². The van der Waals surface area contributed by atoms with Crippen LogP contribution in [0.3, 0.4) is 0 Å². The summed E-state index contributed by atoms with van der Waals surface area (Å²) in [6.07, 6.45) is 24.5. The third-order valence-corrected chi connectivity index (χ3v) is 7.75. The molecule has 5 aliphatic rings. The Morgan fingerprint density at radius 2 is 1.46 bits per heavy atom. The fourth-order valence-electron chi connectivity index (χ4n) is 6.44. The predicted molar refractivity (Wildman–Crippen MR) is 110 cm³/mol. The highest BCUT2D eigenvalue weighted by Gasteiger charge is 2.39. The zero-order valence-corrected chi connectivity index (χ0v) is 15.8. The molecule has 1 aromatic rings. The molecule has 5 aliphatic carbocycles. The van der Waals surface area contributed by atoms with Crippen LogP contribution in [0.25, 0.3) is 0 Å². The van der Waals surface area contributed by atoms with E-state index in [1.54, 1.807) is 5.56 Å². The molecule has 2 fully saturated rings. The molecule has 136 valence electrons. The van der Waals surface area contributed by atoms with Crippen molar-refractivity contribution in [2.75, 3.05) is 0 Å². The molecular formula is C26H32. The van der Waals surface area contributed by atoms with E-state index in [-0.39, 0.29) is 0 Å². The molecule has 6 rings (SSSR count). The van der Waals surface area contributed by atoms with Crippen molar-refractivity contribution in [2.45, 2.75) is 50.9 Å². The second-order valence-corrected chi connectivity index (χ2v) is 9.29. The first-order valence-electron chi connectivity index (χ1n) is 10.9. The van der Waals surface area contributed by atoms with E-state index >= 15 is 0 Å². The first kappa shape index (κ1) is 16.6. The highest BCUT2D eigenvalue weighted by molar-refractivity contribution is 5.27. The van der Waals surface area contributed by atoms with E-state index in [4.69, 9.17) is 0 Å². The van der Waals surface area contributed by atoms with E-state index in [2.05, 4.69) is 66.8 Å². The summed E-state index contributed by atoms with van der Waals surface area (Å²) in [5.41, 5.74) is 1.54. The summed E-state index contributed by atoms with van der Waals surface area (Å²) in [6, 6.07) is 11.0. The normalized spacial score (nSPS) is 41.5. The van der Waals surface area contributed by atoms with Gasteiger partial charge in [0, 0.05) is 0 Å². The standard InChI is InChI=1S/C13H18.C13H14/c2*1-2-4-11(5-3-1)13-9-10-6-7-12(13)8-10/h1-2,6-7,10-13H,3-5,8-9H2;1-7,10,12-13H,8-9H2. The number of hydrogen-bond donors (Lipinski definition) is 0. The molecule has 0 heterocycles. The molecule has 2 saturated carbocycles. The Morgan fingerprint density at radius 3 is 2.04 bits per heavy atom. The summed E-state index contributed by atoms with van der Waals surface area (Å²) in [6.45, 7) is 0. The second kappa shape index (κ2) is 7.22. The van der Waals surface area contributed by atoms with Crippen LogP contribution in [0, 0.1) is 35.5 Å². The molecule has 4 bridgehead atoms. The SMILES string of the molecule is C1=CC2CC1CC2c1ccccc1.C1=CCC(C2CC3C=CC2C3)CC1. The third-order valence-electron chi connectivity index (χ3n) is 7.75. The molecule has 0 amide bonds. The Bertz CT molecular complexity index is 694. The van der Waals surface area contributed by atoms with Gasteiger partial charge in [0.1, 0.15) is 0 Å². The summed E-state index contributed by atoms with van der Waals surface area (Å²) in [4.78, 5) is 0. The second-order valence-electron chi connectivity index (χ2n) is 9.29. The minimum absolute atomic E-state index is 0.816. The van der Waals surface area contributed by atoms with Gasteiger partial charge in [-0.1, -0.05) is 66.8 Å². The fraction of sp³-hybridized carbons (Fsp3) is 0.538. The van der Waals surface area contributed by atoms with E-state index in [1.165, 1.54) is 44.9 Å². The first-order chi connectivity index (χ1) is 12.9. The van der Waals surface area contributed by atoms with Gasteiger partial charge in [-0.25, -0.2) is 0 Å². The molecule has 7 unspecified atom stereocenters. The van der Waals surface area contributed by atoms with Crippen molar-refractivity contribution in [1.29, 1.82) is 0 Å². The average Bonchev–Trinajstić information content (AvgIpc) is 3.51. The molecule has 0 aliphatic heterocycles. The Kier molecular flexibility index (Phi) is 4.61. The van der Waals surface area contributed by atoms with E-state index in [0.717, 1.165) is 41.4 Å². The zero-order chi connectivity index (χ0) is 17.3. The van der Waals surface area contributed by atoms with Gasteiger partial charge < -0.3 is 0 Å². The van der Waals surface area contributed by atoms with Crippen LogP contribution in [-0.4, -0.2) is 0 Å². The van der Waals surface area contributed by atoms with E-state index in [9.17, 15) is 0 Å². The third kappa shape index (κ3) is 3.24. The molecule has 0 heteroatoms. The van der Waals surface area contributed by atoms with E-state index in [0.29, 0.717) is 0 Å². The van der Waals surface area contributed by atoms with Crippen LogP contribution in [0.5, 0.6) is 0 Å². The molecule has 0 saturated heterocycles. The number of allylic oxidation sites excluding steroid dienone is 6. The van der Waals surface area contributed by atoms with Crippen molar-refractivity contribution < 1.29 is 0 Å². The lowest BCUT2D eigenvalue weighted by atomic mass is 9.76. The number of fused-ring (bicyclic) bond motifs is 4. The average molecular weight is 345 g/mol. The highest BCUT2D eigenvalue weighted by atomic mass is 14.4. The molecule has 0 N–H and O–H groups in total. The molecule has 0 nitrogen and oxygen atoms in total. The summed E-state index contributed by atoms with van der Waals surface area (Å²) in [5.74, 6) is 6.52. The minimum atomic E-state index is 0.816. The maximum atomic E-state index is 2.50. The monoisotopic (exact) mass is 344 g/mol. The fourth-order valence-corrected chi connectivity index (χ4v) is 6.44. The highest BCUT2D eigenvalue weighted by Crippen LogP contribution is 2.49. The summed E-state index contributed by atoms with van der Waals surface area (Å²) in [7, 11) is 0. The Balaban J connectivity index is 0.000000115. The number of hydrogen-bond acceptors (Lipinski definition) is 0. The maximum Gasteiger partial charge on any atom is -0.00932 e.